The lowest BCUT2D eigenvalue weighted by atomic mass is 10.2. The molecule has 2 aromatic carbocycles. The summed E-state index contributed by atoms with van der Waals surface area (Å²) < 4.78 is 18.3. The van der Waals surface area contributed by atoms with Crippen LogP contribution in [0.3, 0.4) is 0 Å². The Kier molecular flexibility index (Phi) is 4.52. The van der Waals surface area contributed by atoms with Gasteiger partial charge in [0.05, 0.1) is 29.1 Å². The fourth-order valence-electron chi connectivity index (χ4n) is 2.18. The monoisotopic (exact) mass is 349 g/mol. The van der Waals surface area contributed by atoms with E-state index in [-0.39, 0.29) is 29.6 Å². The first-order valence-electron chi connectivity index (χ1n) is 7.11. The first-order valence-corrected chi connectivity index (χ1v) is 7.49. The second-order valence-electron chi connectivity index (χ2n) is 5.06. The van der Waals surface area contributed by atoms with Gasteiger partial charge in [0.1, 0.15) is 11.6 Å². The SMILES string of the molecule is O=C(CCOc1ccc(F)cc1Cl)Nc1ccc2[nH]c(=O)[nH]c2c1. The fraction of sp³-hybridized carbons (Fsp3) is 0.125. The first-order chi connectivity index (χ1) is 11.5. The van der Waals surface area contributed by atoms with Crippen LogP contribution in [0, 0.1) is 5.82 Å². The van der Waals surface area contributed by atoms with Crippen LogP contribution in [0.25, 0.3) is 11.0 Å². The Labute approximate surface area is 140 Å². The fourth-order valence-corrected chi connectivity index (χ4v) is 2.40. The number of aromatic nitrogens is 2. The van der Waals surface area contributed by atoms with Gasteiger partial charge in [-0.05, 0) is 36.4 Å². The highest BCUT2D eigenvalue weighted by Crippen LogP contribution is 2.25. The highest BCUT2D eigenvalue weighted by molar-refractivity contribution is 6.32. The lowest BCUT2D eigenvalue weighted by Gasteiger charge is -2.08. The van der Waals surface area contributed by atoms with Crippen molar-refractivity contribution in [1.29, 1.82) is 0 Å². The van der Waals surface area contributed by atoms with Gasteiger partial charge in [-0.15, -0.1) is 0 Å². The smallest absolute Gasteiger partial charge is 0.323 e. The van der Waals surface area contributed by atoms with E-state index in [0.29, 0.717) is 22.5 Å². The largest absolute Gasteiger partial charge is 0.491 e. The number of carbonyl (C=O) groups is 1. The molecule has 0 aliphatic heterocycles. The van der Waals surface area contributed by atoms with Crippen molar-refractivity contribution in [3.8, 4) is 5.75 Å². The minimum atomic E-state index is -0.455. The van der Waals surface area contributed by atoms with E-state index in [1.165, 1.54) is 12.1 Å². The molecule has 8 heteroatoms. The van der Waals surface area contributed by atoms with E-state index in [9.17, 15) is 14.0 Å². The number of hydrogen-bond donors (Lipinski definition) is 3. The minimum Gasteiger partial charge on any atom is -0.491 e. The third-order valence-corrected chi connectivity index (χ3v) is 3.58. The molecule has 6 nitrogen and oxygen atoms in total. The molecule has 1 amide bonds. The second-order valence-corrected chi connectivity index (χ2v) is 5.47. The summed E-state index contributed by atoms with van der Waals surface area (Å²) in [4.78, 5) is 28.3. The molecule has 0 spiro atoms. The average molecular weight is 350 g/mol. The molecule has 24 heavy (non-hydrogen) atoms. The van der Waals surface area contributed by atoms with E-state index >= 15 is 0 Å². The quantitative estimate of drug-likeness (QED) is 0.661. The molecule has 1 aromatic heterocycles. The summed E-state index contributed by atoms with van der Waals surface area (Å²) in [7, 11) is 0. The van der Waals surface area contributed by atoms with E-state index in [0.717, 1.165) is 6.07 Å². The zero-order valence-electron chi connectivity index (χ0n) is 12.4. The van der Waals surface area contributed by atoms with E-state index < -0.39 is 5.82 Å². The summed E-state index contributed by atoms with van der Waals surface area (Å²) in [5.74, 6) is -0.397. The molecular weight excluding hydrogens is 337 g/mol. The Morgan fingerprint density at radius 1 is 1.17 bits per heavy atom. The van der Waals surface area contributed by atoms with Crippen LogP contribution in [-0.4, -0.2) is 22.5 Å². The summed E-state index contributed by atoms with van der Waals surface area (Å²) in [5, 5.41) is 2.86. The molecule has 3 aromatic rings. The van der Waals surface area contributed by atoms with Gasteiger partial charge in [0, 0.05) is 5.69 Å². The van der Waals surface area contributed by atoms with Crippen molar-refractivity contribution >= 4 is 34.2 Å². The lowest BCUT2D eigenvalue weighted by Crippen LogP contribution is -2.15. The van der Waals surface area contributed by atoms with Gasteiger partial charge in [0.25, 0.3) is 0 Å². The van der Waals surface area contributed by atoms with Crippen molar-refractivity contribution in [3.63, 3.8) is 0 Å². The molecule has 0 aliphatic rings. The van der Waals surface area contributed by atoms with E-state index in [1.54, 1.807) is 18.2 Å². The van der Waals surface area contributed by atoms with Gasteiger partial charge < -0.3 is 20.0 Å². The van der Waals surface area contributed by atoms with Gasteiger partial charge in [-0.3, -0.25) is 4.79 Å². The van der Waals surface area contributed by atoms with E-state index in [1.807, 2.05) is 0 Å². The molecule has 0 bridgehead atoms. The summed E-state index contributed by atoms with van der Waals surface area (Å²) in [6.45, 7) is 0.0976. The first kappa shape index (κ1) is 16.1. The third kappa shape index (κ3) is 3.75. The Balaban J connectivity index is 1.55. The third-order valence-electron chi connectivity index (χ3n) is 3.28. The van der Waals surface area contributed by atoms with Gasteiger partial charge in [-0.1, -0.05) is 11.6 Å². The number of hydrogen-bond acceptors (Lipinski definition) is 3. The molecule has 0 fully saturated rings. The van der Waals surface area contributed by atoms with Crippen LogP contribution >= 0.6 is 11.6 Å². The summed E-state index contributed by atoms with van der Waals surface area (Å²) in [5.41, 5.74) is 1.51. The topological polar surface area (TPSA) is 87.0 Å². The maximum atomic E-state index is 12.9. The predicted molar refractivity (Wildman–Crippen MR) is 89.1 cm³/mol. The molecule has 0 saturated heterocycles. The van der Waals surface area contributed by atoms with Crippen molar-refractivity contribution in [2.45, 2.75) is 6.42 Å². The van der Waals surface area contributed by atoms with Crippen LogP contribution in [0.1, 0.15) is 6.42 Å². The van der Waals surface area contributed by atoms with E-state index in [2.05, 4.69) is 15.3 Å². The number of aromatic amines is 2. The average Bonchev–Trinajstić information content (AvgIpc) is 2.89. The summed E-state index contributed by atoms with van der Waals surface area (Å²) >= 11 is 5.83. The Morgan fingerprint density at radius 3 is 2.75 bits per heavy atom. The highest BCUT2D eigenvalue weighted by atomic mass is 35.5. The molecule has 3 rings (SSSR count). The maximum Gasteiger partial charge on any atom is 0.323 e. The standard InChI is InChI=1S/C16H13ClFN3O3/c17-11-7-9(18)1-4-14(11)24-6-5-15(22)19-10-2-3-12-13(8-10)21-16(23)20-12/h1-4,7-8H,5-6H2,(H,19,22)(H2,20,21,23). The number of halogens is 2. The predicted octanol–water partition coefficient (Wildman–Crippen LogP) is 3.06. The Hall–Kier alpha value is -2.80. The van der Waals surface area contributed by atoms with Gasteiger partial charge in [0.2, 0.25) is 5.91 Å². The number of fused-ring (bicyclic) bond motifs is 1. The number of amides is 1. The molecular formula is C16H13ClFN3O3. The molecule has 1 heterocycles. The van der Waals surface area contributed by atoms with Gasteiger partial charge >= 0.3 is 5.69 Å². The van der Waals surface area contributed by atoms with Crippen LogP contribution in [-0.2, 0) is 4.79 Å². The number of H-pyrrole nitrogens is 2. The van der Waals surface area contributed by atoms with Crippen molar-refractivity contribution < 1.29 is 13.9 Å². The van der Waals surface area contributed by atoms with Crippen LogP contribution in [0.5, 0.6) is 5.75 Å². The minimum absolute atomic E-state index is 0.0927. The maximum absolute atomic E-state index is 12.9. The molecule has 0 atom stereocenters. The van der Waals surface area contributed by atoms with Gasteiger partial charge in [0.15, 0.2) is 0 Å². The lowest BCUT2D eigenvalue weighted by molar-refractivity contribution is -0.116. The zero-order valence-corrected chi connectivity index (χ0v) is 13.1. The van der Waals surface area contributed by atoms with Crippen molar-refractivity contribution in [2.24, 2.45) is 0 Å². The molecule has 3 N–H and O–H groups in total. The summed E-state index contributed by atoms with van der Waals surface area (Å²) in [6, 6.07) is 8.81. The Bertz CT molecular complexity index is 951. The number of imidazole rings is 1. The highest BCUT2D eigenvalue weighted by Gasteiger charge is 2.07. The van der Waals surface area contributed by atoms with Crippen molar-refractivity contribution in [3.05, 3.63) is 57.7 Å². The van der Waals surface area contributed by atoms with Crippen LogP contribution in [0.2, 0.25) is 5.02 Å². The van der Waals surface area contributed by atoms with Gasteiger partial charge in [-0.2, -0.15) is 0 Å². The number of carbonyl (C=O) groups excluding carboxylic acids is 1. The normalized spacial score (nSPS) is 10.8. The second kappa shape index (κ2) is 6.76. The molecule has 0 aliphatic carbocycles. The molecule has 0 unspecified atom stereocenters. The van der Waals surface area contributed by atoms with Crippen molar-refractivity contribution in [2.75, 3.05) is 11.9 Å². The van der Waals surface area contributed by atoms with Crippen LogP contribution in [0.4, 0.5) is 10.1 Å². The molecule has 124 valence electrons. The summed E-state index contributed by atoms with van der Waals surface area (Å²) in [6.07, 6.45) is 0.0927. The number of rotatable bonds is 5. The number of benzene rings is 2. The zero-order chi connectivity index (χ0) is 17.1. The van der Waals surface area contributed by atoms with Crippen molar-refractivity contribution in [1.82, 2.24) is 9.97 Å². The Morgan fingerprint density at radius 2 is 1.96 bits per heavy atom. The number of nitrogens with one attached hydrogen (secondary N) is 3. The number of ether oxygens (including phenoxy) is 1. The molecule has 0 radical (unpaired) electrons. The van der Waals surface area contributed by atoms with Gasteiger partial charge in [-0.25, -0.2) is 9.18 Å². The number of anilines is 1. The van der Waals surface area contributed by atoms with Crippen LogP contribution < -0.4 is 15.7 Å². The molecule has 0 saturated carbocycles. The van der Waals surface area contributed by atoms with E-state index in [4.69, 9.17) is 16.3 Å². The van der Waals surface area contributed by atoms with Crippen LogP contribution in [0.15, 0.2) is 41.2 Å².